The molecule has 1 aromatic rings. The average Bonchev–Trinajstić information content (AvgIpc) is 2.68. The molecule has 0 bridgehead atoms. The molecule has 0 aromatic heterocycles. The van der Waals surface area contributed by atoms with Gasteiger partial charge in [0.2, 0.25) is 26.0 Å². The van der Waals surface area contributed by atoms with Gasteiger partial charge in [-0.15, -0.1) is 0 Å². The minimum atomic E-state index is -3.63. The zero-order valence-corrected chi connectivity index (χ0v) is 17.1. The molecular formula is C16H25N3O6S2. The van der Waals surface area contributed by atoms with Crippen LogP contribution < -0.4 is 9.46 Å². The van der Waals surface area contributed by atoms with Crippen molar-refractivity contribution >= 4 is 26.0 Å². The standard InChI is InChI=1S/C16H25N3O6S2/c1-3-26(21,22)17-9-8-16(20)18-10-12-19(13-11-18)27(23,24)15-6-4-14(25-2)5-7-15/h4-7,17H,3,8-13H2,1-2H3. The molecule has 1 aliphatic heterocycles. The largest absolute Gasteiger partial charge is 0.497 e. The number of sulfonamides is 2. The Labute approximate surface area is 160 Å². The summed E-state index contributed by atoms with van der Waals surface area (Å²) in [4.78, 5) is 13.9. The summed E-state index contributed by atoms with van der Waals surface area (Å²) < 4.78 is 56.8. The van der Waals surface area contributed by atoms with Gasteiger partial charge >= 0.3 is 0 Å². The lowest BCUT2D eigenvalue weighted by Crippen LogP contribution is -2.50. The van der Waals surface area contributed by atoms with Crippen molar-refractivity contribution in [2.24, 2.45) is 0 Å². The molecule has 0 atom stereocenters. The second-order valence-corrected chi connectivity index (χ2v) is 10.0. The SMILES string of the molecule is CCS(=O)(=O)NCCC(=O)N1CCN(S(=O)(=O)c2ccc(OC)cc2)CC1. The fraction of sp³-hybridized carbons (Fsp3) is 0.562. The van der Waals surface area contributed by atoms with E-state index in [1.54, 1.807) is 17.0 Å². The Bertz CT molecular complexity index is 845. The molecule has 0 unspecified atom stereocenters. The third-order valence-corrected chi connectivity index (χ3v) is 7.65. The Kier molecular flexibility index (Phi) is 7.20. The van der Waals surface area contributed by atoms with Crippen molar-refractivity contribution in [3.8, 4) is 5.75 Å². The number of rotatable bonds is 8. The van der Waals surface area contributed by atoms with Gasteiger partial charge in [-0.1, -0.05) is 0 Å². The van der Waals surface area contributed by atoms with E-state index in [1.807, 2.05) is 0 Å². The number of ether oxygens (including phenoxy) is 1. The summed E-state index contributed by atoms with van der Waals surface area (Å²) in [6, 6.07) is 6.16. The van der Waals surface area contributed by atoms with E-state index in [9.17, 15) is 21.6 Å². The number of piperazine rings is 1. The van der Waals surface area contributed by atoms with Crippen LogP contribution in [0.4, 0.5) is 0 Å². The van der Waals surface area contributed by atoms with Crippen LogP contribution in [-0.2, 0) is 24.8 Å². The molecule has 1 saturated heterocycles. The smallest absolute Gasteiger partial charge is 0.243 e. The van der Waals surface area contributed by atoms with E-state index in [2.05, 4.69) is 4.72 Å². The molecule has 1 fully saturated rings. The Hall–Kier alpha value is -1.69. The minimum absolute atomic E-state index is 0.0386. The van der Waals surface area contributed by atoms with Crippen LogP contribution in [0.15, 0.2) is 29.2 Å². The fourth-order valence-corrected chi connectivity index (χ4v) is 4.69. The summed E-state index contributed by atoms with van der Waals surface area (Å²) >= 11 is 0. The molecule has 11 heteroatoms. The lowest BCUT2D eigenvalue weighted by atomic mass is 10.3. The molecule has 0 saturated carbocycles. The van der Waals surface area contributed by atoms with Gasteiger partial charge in [0.1, 0.15) is 5.75 Å². The number of nitrogens with one attached hydrogen (secondary N) is 1. The zero-order chi connectivity index (χ0) is 20.1. The van der Waals surface area contributed by atoms with E-state index in [-0.39, 0.29) is 55.7 Å². The van der Waals surface area contributed by atoms with Gasteiger partial charge in [-0.3, -0.25) is 4.79 Å². The van der Waals surface area contributed by atoms with Gasteiger partial charge < -0.3 is 9.64 Å². The second kappa shape index (κ2) is 9.00. The number of amides is 1. The van der Waals surface area contributed by atoms with Crippen LogP contribution in [0, 0.1) is 0 Å². The van der Waals surface area contributed by atoms with Crippen LogP contribution in [0.1, 0.15) is 13.3 Å². The average molecular weight is 420 g/mol. The molecule has 1 aliphatic rings. The van der Waals surface area contributed by atoms with Gasteiger partial charge in [-0.25, -0.2) is 21.6 Å². The van der Waals surface area contributed by atoms with Gasteiger partial charge in [0.05, 0.1) is 17.8 Å². The molecule has 1 heterocycles. The summed E-state index contributed by atoms with van der Waals surface area (Å²) in [6.07, 6.45) is 0.0461. The second-order valence-electron chi connectivity index (χ2n) is 6.01. The molecule has 0 spiro atoms. The number of hydrogen-bond acceptors (Lipinski definition) is 6. The van der Waals surface area contributed by atoms with Crippen LogP contribution in [0.3, 0.4) is 0 Å². The lowest BCUT2D eigenvalue weighted by molar-refractivity contribution is -0.132. The van der Waals surface area contributed by atoms with E-state index in [4.69, 9.17) is 4.74 Å². The van der Waals surface area contributed by atoms with E-state index >= 15 is 0 Å². The van der Waals surface area contributed by atoms with Gasteiger partial charge in [0, 0.05) is 39.1 Å². The Balaban J connectivity index is 1.89. The fourth-order valence-electron chi connectivity index (χ4n) is 2.65. The normalized spacial score (nSPS) is 16.3. The predicted octanol–water partition coefficient (Wildman–Crippen LogP) is -0.142. The first kappa shape index (κ1) is 21.6. The molecule has 9 nitrogen and oxygen atoms in total. The van der Waals surface area contributed by atoms with Crippen molar-refractivity contribution in [1.29, 1.82) is 0 Å². The highest BCUT2D eigenvalue weighted by Crippen LogP contribution is 2.20. The summed E-state index contributed by atoms with van der Waals surface area (Å²) in [6.45, 7) is 2.50. The molecule has 0 aliphatic carbocycles. The number of nitrogens with zero attached hydrogens (tertiary/aromatic N) is 2. The lowest BCUT2D eigenvalue weighted by Gasteiger charge is -2.34. The molecular weight excluding hydrogens is 394 g/mol. The van der Waals surface area contributed by atoms with Gasteiger partial charge in [-0.2, -0.15) is 4.31 Å². The van der Waals surface area contributed by atoms with Crippen LogP contribution in [-0.4, -0.2) is 77.5 Å². The van der Waals surface area contributed by atoms with E-state index < -0.39 is 20.0 Å². The molecule has 1 N–H and O–H groups in total. The van der Waals surface area contributed by atoms with E-state index in [0.29, 0.717) is 5.75 Å². The van der Waals surface area contributed by atoms with Gasteiger partial charge in [0.25, 0.3) is 0 Å². The van der Waals surface area contributed by atoms with Crippen molar-refractivity contribution in [1.82, 2.24) is 13.9 Å². The summed E-state index contributed by atoms with van der Waals surface area (Å²) in [5.41, 5.74) is 0. The van der Waals surface area contributed by atoms with E-state index in [1.165, 1.54) is 30.5 Å². The molecule has 1 aromatic carbocycles. The van der Waals surface area contributed by atoms with E-state index in [0.717, 1.165) is 0 Å². The summed E-state index contributed by atoms with van der Waals surface area (Å²) in [5, 5.41) is 0. The van der Waals surface area contributed by atoms with Crippen molar-refractivity contribution in [3.05, 3.63) is 24.3 Å². The quantitative estimate of drug-likeness (QED) is 0.627. The van der Waals surface area contributed by atoms with Crippen LogP contribution in [0.2, 0.25) is 0 Å². The first-order valence-electron chi connectivity index (χ1n) is 8.59. The third-order valence-electron chi connectivity index (χ3n) is 4.33. The molecule has 27 heavy (non-hydrogen) atoms. The monoisotopic (exact) mass is 419 g/mol. The Morgan fingerprint density at radius 3 is 2.19 bits per heavy atom. The maximum atomic E-state index is 12.7. The zero-order valence-electron chi connectivity index (χ0n) is 15.4. The summed E-state index contributed by atoms with van der Waals surface area (Å²) in [7, 11) is -5.45. The van der Waals surface area contributed by atoms with Crippen LogP contribution >= 0.6 is 0 Å². The first-order chi connectivity index (χ1) is 12.7. The van der Waals surface area contributed by atoms with Gasteiger partial charge in [0.15, 0.2) is 0 Å². The highest BCUT2D eigenvalue weighted by atomic mass is 32.2. The maximum Gasteiger partial charge on any atom is 0.243 e. The van der Waals surface area contributed by atoms with Crippen LogP contribution in [0.5, 0.6) is 5.75 Å². The van der Waals surface area contributed by atoms with Gasteiger partial charge in [-0.05, 0) is 31.2 Å². The third kappa shape index (κ3) is 5.64. The highest BCUT2D eigenvalue weighted by Gasteiger charge is 2.30. The molecule has 0 radical (unpaired) electrons. The van der Waals surface area contributed by atoms with Crippen molar-refractivity contribution in [2.45, 2.75) is 18.2 Å². The predicted molar refractivity (Wildman–Crippen MR) is 100 cm³/mol. The number of benzene rings is 1. The number of hydrogen-bond donors (Lipinski definition) is 1. The van der Waals surface area contributed by atoms with Crippen molar-refractivity contribution in [3.63, 3.8) is 0 Å². The number of carbonyl (C=O) groups excluding carboxylic acids is 1. The minimum Gasteiger partial charge on any atom is -0.497 e. The Morgan fingerprint density at radius 1 is 1.07 bits per heavy atom. The summed E-state index contributed by atoms with van der Waals surface area (Å²) in [5.74, 6) is 0.335. The number of carbonyl (C=O) groups is 1. The van der Waals surface area contributed by atoms with Crippen molar-refractivity contribution < 1.29 is 26.4 Å². The molecule has 1 amide bonds. The van der Waals surface area contributed by atoms with Crippen molar-refractivity contribution in [2.75, 3.05) is 45.6 Å². The maximum absolute atomic E-state index is 12.7. The molecule has 152 valence electrons. The highest BCUT2D eigenvalue weighted by molar-refractivity contribution is 7.89. The first-order valence-corrected chi connectivity index (χ1v) is 11.7. The molecule has 2 rings (SSSR count). The Morgan fingerprint density at radius 2 is 1.67 bits per heavy atom. The van der Waals surface area contributed by atoms with Crippen LogP contribution in [0.25, 0.3) is 0 Å². The topological polar surface area (TPSA) is 113 Å². The number of methoxy groups -OCH3 is 1.